The van der Waals surface area contributed by atoms with Crippen molar-refractivity contribution in [2.45, 2.75) is 44.6 Å². The first-order chi connectivity index (χ1) is 9.66. The topological polar surface area (TPSA) is 50.4 Å². The van der Waals surface area contributed by atoms with Gasteiger partial charge in [-0.25, -0.2) is 0 Å². The van der Waals surface area contributed by atoms with Crippen LogP contribution in [0.1, 0.15) is 39.0 Å². The Morgan fingerprint density at radius 3 is 2.70 bits per heavy atom. The normalized spacial score (nSPS) is 28.5. The maximum absolute atomic E-state index is 12.5. The number of carbonyl (C=O) groups excluding carboxylic acids is 1. The van der Waals surface area contributed by atoms with E-state index < -0.39 is 5.54 Å². The Kier molecular flexibility index (Phi) is 3.32. The first kappa shape index (κ1) is 13.3. The lowest BCUT2D eigenvalue weighted by molar-refractivity contribution is -0.121. The number of ether oxygens (including phenoxy) is 1. The van der Waals surface area contributed by atoms with Gasteiger partial charge >= 0.3 is 0 Å². The summed E-state index contributed by atoms with van der Waals surface area (Å²) in [4.78, 5) is 12.5. The van der Waals surface area contributed by atoms with E-state index in [9.17, 15) is 4.79 Å². The van der Waals surface area contributed by atoms with Gasteiger partial charge in [-0.2, -0.15) is 0 Å². The van der Waals surface area contributed by atoms with E-state index in [-0.39, 0.29) is 5.91 Å². The van der Waals surface area contributed by atoms with Crippen molar-refractivity contribution < 1.29 is 9.53 Å². The summed E-state index contributed by atoms with van der Waals surface area (Å²) in [6.45, 7) is 2.23. The zero-order chi connectivity index (χ0) is 14.2. The van der Waals surface area contributed by atoms with Crippen LogP contribution in [0.25, 0.3) is 0 Å². The molecule has 0 radical (unpaired) electrons. The molecular formula is C16H22N2O2. The number of hydrogen-bond acceptors (Lipinski definition) is 3. The number of anilines is 2. The molecule has 20 heavy (non-hydrogen) atoms. The molecule has 2 aliphatic rings. The zero-order valence-corrected chi connectivity index (χ0v) is 12.2. The molecule has 1 aromatic rings. The second-order valence-electron chi connectivity index (χ2n) is 5.92. The molecule has 3 rings (SSSR count). The molecular weight excluding hydrogens is 252 g/mol. The van der Waals surface area contributed by atoms with Gasteiger partial charge in [0, 0.05) is 6.07 Å². The van der Waals surface area contributed by atoms with Crippen molar-refractivity contribution in [1.82, 2.24) is 0 Å². The molecule has 1 heterocycles. The van der Waals surface area contributed by atoms with Crippen LogP contribution in [0.15, 0.2) is 18.2 Å². The SMILES string of the molecule is CCC1CCC2(CC1)Nc1cc(OC)ccc1NC2=O. The lowest BCUT2D eigenvalue weighted by Crippen LogP contribution is -2.54. The smallest absolute Gasteiger partial charge is 0.250 e. The molecule has 0 unspecified atom stereocenters. The van der Waals surface area contributed by atoms with Gasteiger partial charge in [-0.05, 0) is 43.7 Å². The Balaban J connectivity index is 1.86. The molecule has 0 atom stereocenters. The van der Waals surface area contributed by atoms with Crippen molar-refractivity contribution in [3.05, 3.63) is 18.2 Å². The fraction of sp³-hybridized carbons (Fsp3) is 0.562. The molecule has 1 aromatic carbocycles. The first-order valence-corrected chi connectivity index (χ1v) is 7.44. The van der Waals surface area contributed by atoms with E-state index in [1.54, 1.807) is 7.11 Å². The minimum atomic E-state index is -0.426. The Morgan fingerprint density at radius 1 is 1.30 bits per heavy atom. The maximum atomic E-state index is 12.5. The molecule has 0 saturated heterocycles. The van der Waals surface area contributed by atoms with Crippen molar-refractivity contribution in [1.29, 1.82) is 0 Å². The highest BCUT2D eigenvalue weighted by Crippen LogP contribution is 2.42. The van der Waals surface area contributed by atoms with Gasteiger partial charge in [0.2, 0.25) is 5.91 Å². The second-order valence-corrected chi connectivity index (χ2v) is 5.92. The van der Waals surface area contributed by atoms with Crippen LogP contribution >= 0.6 is 0 Å². The van der Waals surface area contributed by atoms with Gasteiger partial charge in [0.1, 0.15) is 11.3 Å². The van der Waals surface area contributed by atoms with Gasteiger partial charge in [0.05, 0.1) is 18.5 Å². The lowest BCUT2D eigenvalue weighted by Gasteiger charge is -2.43. The van der Waals surface area contributed by atoms with Gasteiger partial charge in [-0.3, -0.25) is 4.79 Å². The number of methoxy groups -OCH3 is 1. The summed E-state index contributed by atoms with van der Waals surface area (Å²) in [6.07, 6.45) is 5.27. The minimum absolute atomic E-state index is 0.115. The standard InChI is InChI=1S/C16H22N2O2/c1-3-11-6-8-16(9-7-11)15(19)17-13-5-4-12(20-2)10-14(13)18-16/h4-5,10-11,18H,3,6-9H2,1-2H3,(H,17,19). The summed E-state index contributed by atoms with van der Waals surface area (Å²) in [5.74, 6) is 1.69. The van der Waals surface area contributed by atoms with Crippen LogP contribution in [-0.2, 0) is 4.79 Å². The highest BCUT2D eigenvalue weighted by molar-refractivity contribution is 6.06. The Bertz CT molecular complexity index is 519. The van der Waals surface area contributed by atoms with Gasteiger partial charge < -0.3 is 15.4 Å². The van der Waals surface area contributed by atoms with Crippen LogP contribution in [0, 0.1) is 5.92 Å². The van der Waals surface area contributed by atoms with Gasteiger partial charge in [-0.15, -0.1) is 0 Å². The molecule has 1 amide bonds. The van der Waals surface area contributed by atoms with Gasteiger partial charge in [0.25, 0.3) is 0 Å². The first-order valence-electron chi connectivity index (χ1n) is 7.44. The van der Waals surface area contributed by atoms with E-state index in [1.807, 2.05) is 18.2 Å². The number of hydrogen-bond donors (Lipinski definition) is 2. The van der Waals surface area contributed by atoms with E-state index in [0.717, 1.165) is 48.7 Å². The molecule has 1 aliphatic heterocycles. The van der Waals surface area contributed by atoms with Crippen molar-refractivity contribution in [3.8, 4) is 5.75 Å². The largest absolute Gasteiger partial charge is 0.497 e. The third-order valence-electron chi connectivity index (χ3n) is 4.82. The van der Waals surface area contributed by atoms with Crippen LogP contribution in [-0.4, -0.2) is 18.6 Å². The molecule has 2 N–H and O–H groups in total. The van der Waals surface area contributed by atoms with Crippen LogP contribution in [0.4, 0.5) is 11.4 Å². The second kappa shape index (κ2) is 5.00. The molecule has 4 heteroatoms. The van der Waals surface area contributed by atoms with Crippen molar-refractivity contribution in [3.63, 3.8) is 0 Å². The summed E-state index contributed by atoms with van der Waals surface area (Å²) in [5, 5.41) is 6.54. The average Bonchev–Trinajstić information content (AvgIpc) is 2.49. The summed E-state index contributed by atoms with van der Waals surface area (Å²) in [6, 6.07) is 5.72. The third kappa shape index (κ3) is 2.13. The number of carbonyl (C=O) groups is 1. The number of rotatable bonds is 2. The van der Waals surface area contributed by atoms with Crippen LogP contribution in [0.3, 0.4) is 0 Å². The Labute approximate surface area is 119 Å². The van der Waals surface area contributed by atoms with Gasteiger partial charge in [0.15, 0.2) is 0 Å². The number of benzene rings is 1. The Morgan fingerprint density at radius 2 is 2.05 bits per heavy atom. The minimum Gasteiger partial charge on any atom is -0.497 e. The van der Waals surface area contributed by atoms with Crippen molar-refractivity contribution in [2.75, 3.05) is 17.7 Å². The average molecular weight is 274 g/mol. The van der Waals surface area contributed by atoms with E-state index >= 15 is 0 Å². The van der Waals surface area contributed by atoms with E-state index in [0.29, 0.717) is 0 Å². The van der Waals surface area contributed by atoms with E-state index in [2.05, 4.69) is 17.6 Å². The van der Waals surface area contributed by atoms with Gasteiger partial charge in [-0.1, -0.05) is 13.3 Å². The van der Waals surface area contributed by atoms with Crippen LogP contribution in [0.2, 0.25) is 0 Å². The molecule has 108 valence electrons. The lowest BCUT2D eigenvalue weighted by atomic mass is 9.74. The number of fused-ring (bicyclic) bond motifs is 1. The molecule has 0 bridgehead atoms. The summed E-state index contributed by atoms with van der Waals surface area (Å²) < 4.78 is 5.26. The highest BCUT2D eigenvalue weighted by Gasteiger charge is 2.44. The summed E-state index contributed by atoms with van der Waals surface area (Å²) in [7, 11) is 1.66. The molecule has 1 spiro atoms. The maximum Gasteiger partial charge on any atom is 0.250 e. The molecule has 1 fully saturated rings. The van der Waals surface area contributed by atoms with Crippen molar-refractivity contribution in [2.24, 2.45) is 5.92 Å². The third-order valence-corrected chi connectivity index (χ3v) is 4.82. The quantitative estimate of drug-likeness (QED) is 0.869. The van der Waals surface area contributed by atoms with Crippen LogP contribution < -0.4 is 15.4 Å². The molecule has 4 nitrogen and oxygen atoms in total. The van der Waals surface area contributed by atoms with E-state index in [4.69, 9.17) is 4.74 Å². The fourth-order valence-corrected chi connectivity index (χ4v) is 3.35. The molecule has 1 aliphatic carbocycles. The Hall–Kier alpha value is -1.71. The number of nitrogens with one attached hydrogen (secondary N) is 2. The molecule has 1 saturated carbocycles. The van der Waals surface area contributed by atoms with Crippen LogP contribution in [0.5, 0.6) is 5.75 Å². The predicted octanol–water partition coefficient (Wildman–Crippen LogP) is 3.40. The van der Waals surface area contributed by atoms with Crippen molar-refractivity contribution >= 4 is 17.3 Å². The predicted molar refractivity (Wildman–Crippen MR) is 80.2 cm³/mol. The number of amides is 1. The highest BCUT2D eigenvalue weighted by atomic mass is 16.5. The summed E-state index contributed by atoms with van der Waals surface area (Å²) >= 11 is 0. The zero-order valence-electron chi connectivity index (χ0n) is 12.2. The summed E-state index contributed by atoms with van der Waals surface area (Å²) in [5.41, 5.74) is 1.39. The molecule has 0 aromatic heterocycles. The fourth-order valence-electron chi connectivity index (χ4n) is 3.35. The monoisotopic (exact) mass is 274 g/mol. The van der Waals surface area contributed by atoms with E-state index in [1.165, 1.54) is 6.42 Å².